The Morgan fingerprint density at radius 2 is 1.80 bits per heavy atom. The normalized spacial score (nSPS) is 19.0. The van der Waals surface area contributed by atoms with Crippen molar-refractivity contribution in [3.05, 3.63) is 29.8 Å². The number of alkyl carbamates (subject to hydrolysis) is 1. The highest BCUT2D eigenvalue weighted by Crippen LogP contribution is 2.25. The lowest BCUT2D eigenvalue weighted by Gasteiger charge is -2.23. The molecule has 2 aliphatic carbocycles. The maximum absolute atomic E-state index is 12.3. The number of nitrogens with two attached hydrogens (primary N) is 2. The standard InChI is InChI=1S/C22H35N5O3/c1-27(24)21(26-22(28)29-15-16-8-4-2-5-9-16)20(23)19-13-12-18(14-25-19)30-17-10-6-3-7-11-17/h12-14,16-17H,2-11,15,23-24H2,1H3,(H,26,28)/b21-20-. The van der Waals surface area contributed by atoms with Crippen LogP contribution in [0.25, 0.3) is 5.70 Å². The largest absolute Gasteiger partial charge is 0.489 e. The van der Waals surface area contributed by atoms with Gasteiger partial charge in [-0.15, -0.1) is 0 Å². The smallest absolute Gasteiger partial charge is 0.412 e. The fraction of sp³-hybridized carbons (Fsp3) is 0.636. The Balaban J connectivity index is 1.59. The van der Waals surface area contributed by atoms with E-state index < -0.39 is 6.09 Å². The number of amides is 1. The van der Waals surface area contributed by atoms with Crippen LogP contribution in [0.4, 0.5) is 4.79 Å². The van der Waals surface area contributed by atoms with Crippen molar-refractivity contribution in [2.75, 3.05) is 13.7 Å². The summed E-state index contributed by atoms with van der Waals surface area (Å²) in [5.74, 6) is 7.29. The average molecular weight is 418 g/mol. The molecule has 1 heterocycles. The Morgan fingerprint density at radius 1 is 1.13 bits per heavy atom. The molecule has 3 rings (SSSR count). The van der Waals surface area contributed by atoms with Crippen LogP contribution in [-0.4, -0.2) is 35.8 Å². The molecule has 5 N–H and O–H groups in total. The van der Waals surface area contributed by atoms with Gasteiger partial charge in [0, 0.05) is 7.05 Å². The molecule has 2 fully saturated rings. The van der Waals surface area contributed by atoms with Crippen molar-refractivity contribution in [3.8, 4) is 5.75 Å². The van der Waals surface area contributed by atoms with Crippen LogP contribution in [0, 0.1) is 5.92 Å². The van der Waals surface area contributed by atoms with Gasteiger partial charge in [-0.3, -0.25) is 15.3 Å². The number of ether oxygens (including phenoxy) is 2. The van der Waals surface area contributed by atoms with Crippen LogP contribution in [-0.2, 0) is 4.74 Å². The molecular weight excluding hydrogens is 382 g/mol. The number of nitrogens with one attached hydrogen (secondary N) is 1. The predicted octanol–water partition coefficient (Wildman–Crippen LogP) is 3.49. The number of nitrogens with zero attached hydrogens (tertiary/aromatic N) is 2. The van der Waals surface area contributed by atoms with Crippen LogP contribution in [0.2, 0.25) is 0 Å². The van der Waals surface area contributed by atoms with E-state index in [4.69, 9.17) is 21.1 Å². The van der Waals surface area contributed by atoms with Gasteiger partial charge in [0.1, 0.15) is 11.4 Å². The second-order valence-corrected chi connectivity index (χ2v) is 8.36. The van der Waals surface area contributed by atoms with Crippen molar-refractivity contribution in [2.45, 2.75) is 70.3 Å². The molecule has 30 heavy (non-hydrogen) atoms. The minimum absolute atomic E-state index is 0.247. The molecule has 0 bridgehead atoms. The first-order chi connectivity index (χ1) is 14.5. The Bertz CT molecular complexity index is 708. The summed E-state index contributed by atoms with van der Waals surface area (Å²) in [6, 6.07) is 3.62. The maximum Gasteiger partial charge on any atom is 0.412 e. The van der Waals surface area contributed by atoms with Gasteiger partial charge in [0.25, 0.3) is 0 Å². The molecule has 166 valence electrons. The molecule has 1 amide bonds. The van der Waals surface area contributed by atoms with E-state index in [2.05, 4.69) is 10.3 Å². The molecule has 2 aliphatic rings. The fourth-order valence-electron chi connectivity index (χ4n) is 4.13. The molecular formula is C22H35N5O3. The highest BCUT2D eigenvalue weighted by Gasteiger charge is 2.19. The molecule has 1 aromatic rings. The van der Waals surface area contributed by atoms with Crippen LogP contribution < -0.4 is 21.6 Å². The van der Waals surface area contributed by atoms with Gasteiger partial charge < -0.3 is 15.2 Å². The van der Waals surface area contributed by atoms with Crippen molar-refractivity contribution < 1.29 is 14.3 Å². The minimum atomic E-state index is -0.562. The lowest BCUT2D eigenvalue weighted by atomic mass is 9.90. The van der Waals surface area contributed by atoms with Crippen LogP contribution in [0.1, 0.15) is 69.9 Å². The molecule has 0 unspecified atom stereocenters. The highest BCUT2D eigenvalue weighted by atomic mass is 16.5. The second-order valence-electron chi connectivity index (χ2n) is 8.36. The predicted molar refractivity (Wildman–Crippen MR) is 116 cm³/mol. The Kier molecular flexibility index (Phi) is 8.19. The SMILES string of the molecule is CN(N)/C(NC(=O)OCC1CCCCC1)=C(\N)c1ccc(OC2CCCCC2)cn1. The summed E-state index contributed by atoms with van der Waals surface area (Å²) in [4.78, 5) is 16.7. The summed E-state index contributed by atoms with van der Waals surface area (Å²) in [6.07, 6.45) is 13.1. The van der Waals surface area contributed by atoms with Gasteiger partial charge in [-0.2, -0.15) is 0 Å². The van der Waals surface area contributed by atoms with E-state index in [1.165, 1.54) is 43.5 Å². The zero-order valence-electron chi connectivity index (χ0n) is 17.9. The van der Waals surface area contributed by atoms with Gasteiger partial charge in [0.2, 0.25) is 0 Å². The molecule has 0 spiro atoms. The molecule has 0 aliphatic heterocycles. The zero-order chi connectivity index (χ0) is 21.3. The number of hydrogen-bond donors (Lipinski definition) is 3. The Labute approximate surface area is 179 Å². The summed E-state index contributed by atoms with van der Waals surface area (Å²) in [7, 11) is 1.60. The number of carbonyl (C=O) groups excluding carboxylic acids is 1. The van der Waals surface area contributed by atoms with Crippen molar-refractivity contribution in [2.24, 2.45) is 17.5 Å². The summed E-state index contributed by atoms with van der Waals surface area (Å²) in [6.45, 7) is 0.415. The van der Waals surface area contributed by atoms with E-state index in [0.29, 0.717) is 18.2 Å². The Morgan fingerprint density at radius 3 is 2.40 bits per heavy atom. The third-order valence-corrected chi connectivity index (χ3v) is 5.87. The van der Waals surface area contributed by atoms with Crippen LogP contribution in [0.15, 0.2) is 24.2 Å². The van der Waals surface area contributed by atoms with Crippen LogP contribution in [0.3, 0.4) is 0 Å². The summed E-state index contributed by atoms with van der Waals surface area (Å²) in [5.41, 5.74) is 7.01. The number of aromatic nitrogens is 1. The third kappa shape index (κ3) is 6.52. The van der Waals surface area contributed by atoms with Crippen molar-refractivity contribution in [1.29, 1.82) is 0 Å². The molecule has 0 saturated heterocycles. The van der Waals surface area contributed by atoms with Gasteiger partial charge >= 0.3 is 6.09 Å². The minimum Gasteiger partial charge on any atom is -0.489 e. The van der Waals surface area contributed by atoms with E-state index in [-0.39, 0.29) is 17.6 Å². The maximum atomic E-state index is 12.3. The van der Waals surface area contributed by atoms with Crippen LogP contribution in [0.5, 0.6) is 5.75 Å². The monoisotopic (exact) mass is 417 g/mol. The number of hydrogen-bond acceptors (Lipinski definition) is 7. The summed E-state index contributed by atoms with van der Waals surface area (Å²) >= 11 is 0. The molecule has 0 aromatic carbocycles. The summed E-state index contributed by atoms with van der Waals surface area (Å²) < 4.78 is 11.4. The van der Waals surface area contributed by atoms with E-state index in [1.807, 2.05) is 6.07 Å². The molecule has 8 heteroatoms. The van der Waals surface area contributed by atoms with E-state index in [9.17, 15) is 4.79 Å². The fourth-order valence-corrected chi connectivity index (χ4v) is 4.13. The van der Waals surface area contributed by atoms with Gasteiger partial charge in [0.15, 0.2) is 5.82 Å². The lowest BCUT2D eigenvalue weighted by molar-refractivity contribution is 0.116. The van der Waals surface area contributed by atoms with E-state index >= 15 is 0 Å². The lowest BCUT2D eigenvalue weighted by Crippen LogP contribution is -2.39. The quantitative estimate of drug-likeness (QED) is 0.459. The van der Waals surface area contributed by atoms with Crippen molar-refractivity contribution in [3.63, 3.8) is 0 Å². The summed E-state index contributed by atoms with van der Waals surface area (Å²) in [5, 5.41) is 3.91. The first-order valence-corrected chi connectivity index (χ1v) is 11.1. The number of pyridine rings is 1. The first kappa shape index (κ1) is 22.2. The average Bonchev–Trinajstić information content (AvgIpc) is 2.77. The topological polar surface area (TPSA) is 116 Å². The van der Waals surface area contributed by atoms with Crippen molar-refractivity contribution in [1.82, 2.24) is 15.3 Å². The highest BCUT2D eigenvalue weighted by molar-refractivity contribution is 5.74. The third-order valence-electron chi connectivity index (χ3n) is 5.87. The molecule has 2 saturated carbocycles. The van der Waals surface area contributed by atoms with Gasteiger partial charge in [-0.1, -0.05) is 25.7 Å². The number of rotatable bonds is 7. The van der Waals surface area contributed by atoms with E-state index in [1.54, 1.807) is 19.3 Å². The zero-order valence-corrected chi connectivity index (χ0v) is 17.9. The molecule has 8 nitrogen and oxygen atoms in total. The second kappa shape index (κ2) is 11.1. The Hall–Kier alpha value is -2.48. The van der Waals surface area contributed by atoms with Gasteiger partial charge in [-0.05, 0) is 56.6 Å². The van der Waals surface area contributed by atoms with E-state index in [0.717, 1.165) is 31.4 Å². The van der Waals surface area contributed by atoms with Gasteiger partial charge in [0.05, 0.1) is 24.6 Å². The number of carbonyl (C=O) groups is 1. The molecule has 0 atom stereocenters. The molecule has 0 radical (unpaired) electrons. The van der Waals surface area contributed by atoms with Crippen LogP contribution >= 0.6 is 0 Å². The number of hydrazine groups is 1. The van der Waals surface area contributed by atoms with Gasteiger partial charge in [-0.25, -0.2) is 10.6 Å². The first-order valence-electron chi connectivity index (χ1n) is 11.1. The molecule has 1 aromatic heterocycles. The van der Waals surface area contributed by atoms with Crippen molar-refractivity contribution >= 4 is 11.8 Å².